The van der Waals surface area contributed by atoms with Crippen molar-refractivity contribution in [3.8, 4) is 5.75 Å². The third-order valence-electron chi connectivity index (χ3n) is 2.43. The van der Waals surface area contributed by atoms with Crippen LogP contribution >= 0.6 is 15.9 Å². The van der Waals surface area contributed by atoms with Gasteiger partial charge in [-0.05, 0) is 24.3 Å². The zero-order chi connectivity index (χ0) is 13.8. The zero-order valence-corrected chi connectivity index (χ0v) is 11.3. The molecule has 0 saturated carbocycles. The lowest BCUT2D eigenvalue weighted by Gasteiger charge is -2.06. The Morgan fingerprint density at radius 3 is 2.37 bits per heavy atom. The van der Waals surface area contributed by atoms with Gasteiger partial charge in [0.25, 0.3) is 0 Å². The molecule has 0 aliphatic rings. The smallest absolute Gasteiger partial charge is 0.200 e. The first-order valence-electron chi connectivity index (χ1n) is 5.43. The van der Waals surface area contributed by atoms with E-state index in [-0.39, 0.29) is 18.1 Å². The van der Waals surface area contributed by atoms with Crippen molar-refractivity contribution in [3.63, 3.8) is 0 Å². The van der Waals surface area contributed by atoms with Gasteiger partial charge in [-0.25, -0.2) is 8.78 Å². The van der Waals surface area contributed by atoms with E-state index in [1.807, 2.05) is 0 Å². The van der Waals surface area contributed by atoms with E-state index in [1.54, 1.807) is 24.3 Å². The SMILES string of the molecule is O=C(COc1ccc(F)c(F)c1)c1ccc(Br)cc1. The lowest BCUT2D eigenvalue weighted by molar-refractivity contribution is 0.0921. The van der Waals surface area contributed by atoms with Crippen molar-refractivity contribution in [2.75, 3.05) is 6.61 Å². The van der Waals surface area contributed by atoms with Gasteiger partial charge in [-0.1, -0.05) is 28.1 Å². The number of ketones is 1. The summed E-state index contributed by atoms with van der Waals surface area (Å²) in [5.41, 5.74) is 0.491. The highest BCUT2D eigenvalue weighted by Crippen LogP contribution is 2.16. The Balaban J connectivity index is 2.00. The van der Waals surface area contributed by atoms with E-state index < -0.39 is 11.6 Å². The van der Waals surface area contributed by atoms with Crippen LogP contribution in [0.2, 0.25) is 0 Å². The predicted octanol–water partition coefficient (Wildman–Crippen LogP) is 3.99. The summed E-state index contributed by atoms with van der Waals surface area (Å²) in [7, 11) is 0. The van der Waals surface area contributed by atoms with E-state index in [0.29, 0.717) is 5.56 Å². The minimum absolute atomic E-state index is 0.115. The molecule has 2 rings (SSSR count). The molecular formula is C14H9BrF2O2. The highest BCUT2D eigenvalue weighted by molar-refractivity contribution is 9.10. The average Bonchev–Trinajstić information content (AvgIpc) is 2.40. The molecule has 0 saturated heterocycles. The highest BCUT2D eigenvalue weighted by Gasteiger charge is 2.08. The maximum Gasteiger partial charge on any atom is 0.200 e. The molecule has 98 valence electrons. The fraction of sp³-hybridized carbons (Fsp3) is 0.0714. The monoisotopic (exact) mass is 326 g/mol. The third kappa shape index (κ3) is 3.61. The lowest BCUT2D eigenvalue weighted by Crippen LogP contribution is -2.11. The number of Topliss-reactive ketones (excluding diaryl/α,β-unsaturated/α-hetero) is 1. The first-order valence-corrected chi connectivity index (χ1v) is 6.22. The molecule has 0 radical (unpaired) electrons. The molecule has 5 heteroatoms. The van der Waals surface area contributed by atoms with Crippen molar-refractivity contribution < 1.29 is 18.3 Å². The molecule has 2 aromatic rings. The molecule has 0 atom stereocenters. The first-order chi connectivity index (χ1) is 9.06. The summed E-state index contributed by atoms with van der Waals surface area (Å²) in [6, 6.07) is 9.92. The largest absolute Gasteiger partial charge is 0.485 e. The van der Waals surface area contributed by atoms with E-state index in [2.05, 4.69) is 15.9 Å². The summed E-state index contributed by atoms with van der Waals surface area (Å²) in [6.45, 7) is -0.229. The predicted molar refractivity (Wildman–Crippen MR) is 70.3 cm³/mol. The van der Waals surface area contributed by atoms with Gasteiger partial charge in [0.1, 0.15) is 5.75 Å². The Bertz CT molecular complexity index is 597. The number of benzene rings is 2. The Labute approximate surface area is 117 Å². The van der Waals surface area contributed by atoms with Crippen LogP contribution in [0.5, 0.6) is 5.75 Å². The second-order valence-electron chi connectivity index (χ2n) is 3.79. The van der Waals surface area contributed by atoms with Crippen LogP contribution in [0.4, 0.5) is 8.78 Å². The molecule has 0 unspecified atom stereocenters. The molecule has 0 aliphatic heterocycles. The van der Waals surface area contributed by atoms with Crippen LogP contribution in [0.15, 0.2) is 46.9 Å². The number of rotatable bonds is 4. The molecule has 0 aliphatic carbocycles. The summed E-state index contributed by atoms with van der Waals surface area (Å²) in [4.78, 5) is 11.8. The van der Waals surface area contributed by atoms with E-state index in [4.69, 9.17) is 4.74 Å². The van der Waals surface area contributed by atoms with Gasteiger partial charge >= 0.3 is 0 Å². The van der Waals surface area contributed by atoms with Crippen LogP contribution < -0.4 is 4.74 Å². The van der Waals surface area contributed by atoms with Crippen LogP contribution in [0.25, 0.3) is 0 Å². The topological polar surface area (TPSA) is 26.3 Å². The Kier molecular flexibility index (Phi) is 4.27. The Hall–Kier alpha value is -1.75. The molecule has 0 fully saturated rings. The molecule has 0 aromatic heterocycles. The second kappa shape index (κ2) is 5.93. The molecule has 0 bridgehead atoms. The second-order valence-corrected chi connectivity index (χ2v) is 4.71. The van der Waals surface area contributed by atoms with Crippen LogP contribution in [-0.2, 0) is 0 Å². The fourth-order valence-corrected chi connectivity index (χ4v) is 1.70. The molecule has 2 nitrogen and oxygen atoms in total. The number of ether oxygens (including phenoxy) is 1. The van der Waals surface area contributed by atoms with Crippen molar-refractivity contribution in [1.82, 2.24) is 0 Å². The van der Waals surface area contributed by atoms with Gasteiger partial charge in [0.15, 0.2) is 24.0 Å². The number of carbonyl (C=O) groups excluding carboxylic acids is 1. The summed E-state index contributed by atoms with van der Waals surface area (Å²) >= 11 is 3.27. The van der Waals surface area contributed by atoms with Crippen molar-refractivity contribution in [2.24, 2.45) is 0 Å². The Morgan fingerprint density at radius 1 is 1.05 bits per heavy atom. The fourth-order valence-electron chi connectivity index (χ4n) is 1.43. The van der Waals surface area contributed by atoms with Crippen molar-refractivity contribution in [3.05, 3.63) is 64.1 Å². The summed E-state index contributed by atoms with van der Waals surface area (Å²) in [5, 5.41) is 0. The van der Waals surface area contributed by atoms with Crippen LogP contribution in [0.3, 0.4) is 0 Å². The third-order valence-corrected chi connectivity index (χ3v) is 2.96. The molecule has 0 heterocycles. The maximum absolute atomic E-state index is 12.9. The highest BCUT2D eigenvalue weighted by atomic mass is 79.9. The maximum atomic E-state index is 12.9. The normalized spacial score (nSPS) is 10.3. The molecule has 2 aromatic carbocycles. The van der Waals surface area contributed by atoms with Gasteiger partial charge in [0, 0.05) is 16.1 Å². The van der Waals surface area contributed by atoms with E-state index >= 15 is 0 Å². The average molecular weight is 327 g/mol. The quantitative estimate of drug-likeness (QED) is 0.794. The number of hydrogen-bond donors (Lipinski definition) is 0. The van der Waals surface area contributed by atoms with E-state index in [1.165, 1.54) is 6.07 Å². The van der Waals surface area contributed by atoms with Crippen LogP contribution in [0.1, 0.15) is 10.4 Å². The molecule has 0 amide bonds. The van der Waals surface area contributed by atoms with Crippen molar-refractivity contribution in [1.29, 1.82) is 0 Å². The minimum Gasteiger partial charge on any atom is -0.485 e. The van der Waals surface area contributed by atoms with Gasteiger partial charge in [-0.15, -0.1) is 0 Å². The Morgan fingerprint density at radius 2 is 1.74 bits per heavy atom. The first kappa shape index (κ1) is 13.7. The van der Waals surface area contributed by atoms with E-state index in [9.17, 15) is 13.6 Å². The molecular weight excluding hydrogens is 318 g/mol. The van der Waals surface area contributed by atoms with Gasteiger partial charge in [0.05, 0.1) is 0 Å². The summed E-state index contributed by atoms with van der Waals surface area (Å²) < 4.78 is 31.6. The lowest BCUT2D eigenvalue weighted by atomic mass is 10.1. The van der Waals surface area contributed by atoms with Gasteiger partial charge in [-0.2, -0.15) is 0 Å². The van der Waals surface area contributed by atoms with Gasteiger partial charge in [0.2, 0.25) is 0 Å². The number of halogens is 3. The molecule has 19 heavy (non-hydrogen) atoms. The van der Waals surface area contributed by atoms with Crippen molar-refractivity contribution in [2.45, 2.75) is 0 Å². The van der Waals surface area contributed by atoms with Gasteiger partial charge < -0.3 is 4.74 Å². The zero-order valence-electron chi connectivity index (χ0n) is 9.70. The summed E-state index contributed by atoms with van der Waals surface area (Å²) in [6.07, 6.45) is 0. The summed E-state index contributed by atoms with van der Waals surface area (Å²) in [5.74, 6) is -2.08. The molecule has 0 N–H and O–H groups in total. The van der Waals surface area contributed by atoms with Crippen molar-refractivity contribution >= 4 is 21.7 Å². The minimum atomic E-state index is -1.01. The standard InChI is InChI=1S/C14H9BrF2O2/c15-10-3-1-9(2-4-10)14(18)8-19-11-5-6-12(16)13(17)7-11/h1-7H,8H2. The van der Waals surface area contributed by atoms with Crippen LogP contribution in [0, 0.1) is 11.6 Å². The molecule has 0 spiro atoms. The number of hydrogen-bond acceptors (Lipinski definition) is 2. The van der Waals surface area contributed by atoms with Crippen LogP contribution in [-0.4, -0.2) is 12.4 Å². The van der Waals surface area contributed by atoms with E-state index in [0.717, 1.165) is 16.6 Å². The number of carbonyl (C=O) groups is 1. The van der Waals surface area contributed by atoms with Gasteiger partial charge in [-0.3, -0.25) is 4.79 Å².